The van der Waals surface area contributed by atoms with Gasteiger partial charge in [-0.3, -0.25) is 29.5 Å². The number of carbonyl (C=O) groups is 4. The van der Waals surface area contributed by atoms with Crippen LogP contribution in [0.2, 0.25) is 5.02 Å². The molecule has 9 nitrogen and oxygen atoms in total. The van der Waals surface area contributed by atoms with Crippen LogP contribution in [0.4, 0.5) is 23.2 Å². The minimum atomic E-state index is -5.09. The lowest BCUT2D eigenvalue weighted by Gasteiger charge is -2.50. The Morgan fingerprint density at radius 1 is 0.960 bits per heavy atom. The summed E-state index contributed by atoms with van der Waals surface area (Å²) in [6.45, 7) is 2.02. The Labute approximate surface area is 288 Å². The van der Waals surface area contributed by atoms with Gasteiger partial charge in [0, 0.05) is 23.0 Å². The Balaban J connectivity index is 1.48. The Hall–Kier alpha value is -4.91. The molecule has 3 fully saturated rings. The van der Waals surface area contributed by atoms with Gasteiger partial charge < -0.3 is 9.84 Å². The number of rotatable bonds is 7. The maximum atomic E-state index is 15.1. The minimum absolute atomic E-state index is 0.0726. The first-order chi connectivity index (χ1) is 23.8. The SMILES string of the molecule is CCCN1C(=O)C2CC=C3C(CC4C(=O)N(Nc5ccc(F)cc5)C(=O)C4(c4ccc(Cl)cc4)C3c3cc(OC(F)(F)F)ccc3O)C2C1=O. The van der Waals surface area contributed by atoms with E-state index in [0.717, 1.165) is 35.3 Å². The number of anilines is 1. The molecule has 0 bridgehead atoms. The van der Waals surface area contributed by atoms with Gasteiger partial charge in [-0.2, -0.15) is 5.01 Å². The number of hydrazine groups is 1. The van der Waals surface area contributed by atoms with Crippen LogP contribution in [0.3, 0.4) is 0 Å². The molecule has 2 heterocycles. The third-order valence-corrected chi connectivity index (χ3v) is 10.6. The Morgan fingerprint density at radius 2 is 1.66 bits per heavy atom. The maximum Gasteiger partial charge on any atom is 0.573 e. The molecule has 14 heteroatoms. The highest BCUT2D eigenvalue weighted by Crippen LogP contribution is 2.65. The third kappa shape index (κ3) is 5.21. The summed E-state index contributed by atoms with van der Waals surface area (Å²) in [6, 6.07) is 13.9. The number of nitrogens with zero attached hydrogens (tertiary/aromatic N) is 2. The van der Waals surface area contributed by atoms with Gasteiger partial charge in [0.25, 0.3) is 11.8 Å². The first-order valence-electron chi connectivity index (χ1n) is 16.1. The lowest BCUT2D eigenvalue weighted by molar-refractivity contribution is -0.274. The number of likely N-dealkylation sites (tertiary alicyclic amines) is 1. The van der Waals surface area contributed by atoms with E-state index in [1.54, 1.807) is 18.2 Å². The van der Waals surface area contributed by atoms with Crippen LogP contribution in [-0.2, 0) is 24.6 Å². The number of halogens is 5. The molecule has 4 aliphatic rings. The summed E-state index contributed by atoms with van der Waals surface area (Å²) in [4.78, 5) is 58.3. The fourth-order valence-electron chi connectivity index (χ4n) is 8.47. The summed E-state index contributed by atoms with van der Waals surface area (Å²) in [5.41, 5.74) is 1.65. The van der Waals surface area contributed by atoms with Gasteiger partial charge in [0.05, 0.1) is 28.9 Å². The van der Waals surface area contributed by atoms with Crippen molar-refractivity contribution in [2.45, 2.75) is 43.9 Å². The van der Waals surface area contributed by atoms with Crippen LogP contribution in [0.15, 0.2) is 78.4 Å². The van der Waals surface area contributed by atoms with E-state index in [4.69, 9.17) is 11.6 Å². The van der Waals surface area contributed by atoms with Crippen molar-refractivity contribution < 1.29 is 46.6 Å². The Kier molecular flexibility index (Phi) is 8.16. The molecular formula is C36H30ClF4N3O6. The zero-order chi connectivity index (χ0) is 35.7. The quantitative estimate of drug-likeness (QED) is 0.164. The average Bonchev–Trinajstić information content (AvgIpc) is 3.44. The summed E-state index contributed by atoms with van der Waals surface area (Å²) in [5, 5.41) is 12.5. The molecule has 2 saturated heterocycles. The molecule has 2 N–H and O–H groups in total. The van der Waals surface area contributed by atoms with E-state index in [1.165, 1.54) is 29.2 Å². The number of phenolic OH excluding ortho intramolecular Hbond substituents is 1. The van der Waals surface area contributed by atoms with Crippen molar-refractivity contribution in [2.75, 3.05) is 12.0 Å². The first kappa shape index (κ1) is 33.6. The molecule has 6 unspecified atom stereocenters. The van der Waals surface area contributed by atoms with Gasteiger partial charge in [0.2, 0.25) is 11.8 Å². The second kappa shape index (κ2) is 12.1. The molecule has 4 amide bonds. The van der Waals surface area contributed by atoms with Gasteiger partial charge in [-0.05, 0) is 85.3 Å². The van der Waals surface area contributed by atoms with E-state index in [0.29, 0.717) is 17.0 Å². The third-order valence-electron chi connectivity index (χ3n) is 10.3. The highest BCUT2D eigenvalue weighted by atomic mass is 35.5. The number of aromatic hydroxyl groups is 1. The number of hydrogen-bond acceptors (Lipinski definition) is 7. The lowest BCUT2D eigenvalue weighted by atomic mass is 9.49. The smallest absolute Gasteiger partial charge is 0.508 e. The molecule has 6 atom stereocenters. The van der Waals surface area contributed by atoms with E-state index in [-0.39, 0.29) is 42.1 Å². The van der Waals surface area contributed by atoms with Crippen molar-refractivity contribution in [1.82, 2.24) is 9.91 Å². The summed E-state index contributed by atoms with van der Waals surface area (Å²) >= 11 is 6.25. The minimum Gasteiger partial charge on any atom is -0.508 e. The Morgan fingerprint density at radius 3 is 2.32 bits per heavy atom. The van der Waals surface area contributed by atoms with Crippen molar-refractivity contribution in [3.8, 4) is 11.5 Å². The summed E-state index contributed by atoms with van der Waals surface area (Å²) in [5.74, 6) is -9.00. The number of imide groups is 2. The molecule has 7 rings (SSSR count). The molecular weight excluding hydrogens is 682 g/mol. The van der Waals surface area contributed by atoms with Crippen LogP contribution >= 0.6 is 11.6 Å². The van der Waals surface area contributed by atoms with Crippen molar-refractivity contribution >= 4 is 40.9 Å². The summed E-state index contributed by atoms with van der Waals surface area (Å²) < 4.78 is 58.5. The zero-order valence-electron chi connectivity index (χ0n) is 26.4. The Bertz CT molecular complexity index is 1940. The van der Waals surface area contributed by atoms with Crippen LogP contribution in [0.1, 0.15) is 43.2 Å². The standard InChI is InChI=1S/C36H30ClF4N3O6/c1-2-15-43-31(46)24-13-12-23-25(29(24)33(43)48)17-27-32(47)44(42-21-9-7-20(38)8-10-21)34(49)35(27,18-3-5-19(37)6-4-18)30(23)26-16-22(11-14-28(26)45)50-36(39,40)41/h3-12,14,16,24-25,27,29-30,42,45H,2,13,15,17H2,1H3. The van der Waals surface area contributed by atoms with Gasteiger partial charge in [0.15, 0.2) is 0 Å². The molecule has 1 saturated carbocycles. The molecule has 0 aromatic heterocycles. The molecule has 50 heavy (non-hydrogen) atoms. The maximum absolute atomic E-state index is 15.1. The molecule has 3 aromatic carbocycles. The number of allylic oxidation sites excluding steroid dienone is 2. The second-order valence-electron chi connectivity index (χ2n) is 13.0. The number of benzene rings is 3. The van der Waals surface area contributed by atoms with E-state index in [1.807, 2.05) is 6.92 Å². The van der Waals surface area contributed by atoms with Crippen LogP contribution in [-0.4, -0.2) is 51.6 Å². The van der Waals surface area contributed by atoms with E-state index in [9.17, 15) is 37.1 Å². The van der Waals surface area contributed by atoms with Crippen molar-refractivity contribution in [2.24, 2.45) is 23.7 Å². The van der Waals surface area contributed by atoms with Crippen LogP contribution in [0, 0.1) is 29.5 Å². The number of alkyl halides is 3. The van der Waals surface area contributed by atoms with Gasteiger partial charge in [0.1, 0.15) is 17.3 Å². The van der Waals surface area contributed by atoms with Crippen molar-refractivity contribution in [1.29, 1.82) is 0 Å². The molecule has 2 aliphatic carbocycles. The predicted octanol–water partition coefficient (Wildman–Crippen LogP) is 6.48. The van der Waals surface area contributed by atoms with Crippen LogP contribution in [0.5, 0.6) is 11.5 Å². The summed E-state index contributed by atoms with van der Waals surface area (Å²) in [6.07, 6.45) is -2.83. The summed E-state index contributed by atoms with van der Waals surface area (Å²) in [7, 11) is 0. The van der Waals surface area contributed by atoms with E-state index in [2.05, 4.69) is 10.2 Å². The normalized spacial score (nSPS) is 27.6. The average molecular weight is 712 g/mol. The fourth-order valence-corrected chi connectivity index (χ4v) is 8.60. The number of fused-ring (bicyclic) bond motifs is 4. The van der Waals surface area contributed by atoms with Gasteiger partial charge >= 0.3 is 6.36 Å². The molecule has 2 aliphatic heterocycles. The highest BCUT2D eigenvalue weighted by molar-refractivity contribution is 6.30. The number of amides is 4. The van der Waals surface area contributed by atoms with E-state index >= 15 is 4.79 Å². The van der Waals surface area contributed by atoms with Gasteiger partial charge in [-0.25, -0.2) is 4.39 Å². The lowest BCUT2D eigenvalue weighted by Crippen LogP contribution is -2.53. The molecule has 0 radical (unpaired) electrons. The van der Waals surface area contributed by atoms with Gasteiger partial charge in [-0.15, -0.1) is 13.2 Å². The van der Waals surface area contributed by atoms with Crippen molar-refractivity contribution in [3.63, 3.8) is 0 Å². The molecule has 260 valence electrons. The fraction of sp³-hybridized carbons (Fsp3) is 0.333. The molecule has 0 spiro atoms. The number of phenols is 1. The predicted molar refractivity (Wildman–Crippen MR) is 171 cm³/mol. The number of ether oxygens (including phenoxy) is 1. The largest absolute Gasteiger partial charge is 0.573 e. The number of carbonyl (C=O) groups excluding carboxylic acids is 4. The monoisotopic (exact) mass is 711 g/mol. The first-order valence-corrected chi connectivity index (χ1v) is 16.4. The topological polar surface area (TPSA) is 116 Å². The molecule has 3 aromatic rings. The second-order valence-corrected chi connectivity index (χ2v) is 13.4. The van der Waals surface area contributed by atoms with Crippen LogP contribution < -0.4 is 10.2 Å². The van der Waals surface area contributed by atoms with Crippen LogP contribution in [0.25, 0.3) is 0 Å². The van der Waals surface area contributed by atoms with Crippen molar-refractivity contribution in [3.05, 3.63) is 100 Å². The highest BCUT2D eigenvalue weighted by Gasteiger charge is 2.70. The van der Waals surface area contributed by atoms with E-state index < -0.39 is 76.4 Å². The number of hydrogen-bond donors (Lipinski definition) is 2. The van der Waals surface area contributed by atoms with Gasteiger partial charge in [-0.1, -0.05) is 42.3 Å². The zero-order valence-corrected chi connectivity index (χ0v) is 27.2. The number of nitrogens with one attached hydrogen (secondary N) is 1.